The summed E-state index contributed by atoms with van der Waals surface area (Å²) in [6.45, 7) is 13.9. The molecular formula is C16H26. The summed E-state index contributed by atoms with van der Waals surface area (Å²) in [6.07, 6.45) is 2.43. The maximum Gasteiger partial charge on any atom is -0.0227 e. The molecular weight excluding hydrogens is 192 g/mol. The molecule has 1 rings (SSSR count). The summed E-state index contributed by atoms with van der Waals surface area (Å²) in [6, 6.07) is 8.89. The van der Waals surface area contributed by atoms with Gasteiger partial charge in [0.2, 0.25) is 0 Å². The van der Waals surface area contributed by atoms with Crippen molar-refractivity contribution < 1.29 is 0 Å². The number of aryl methyl sites for hydroxylation is 1. The van der Waals surface area contributed by atoms with Gasteiger partial charge >= 0.3 is 0 Å². The van der Waals surface area contributed by atoms with Gasteiger partial charge in [0.15, 0.2) is 0 Å². The van der Waals surface area contributed by atoms with Gasteiger partial charge in [-0.1, -0.05) is 64.4 Å². The molecule has 0 aliphatic rings. The Bertz CT molecular complexity index is 339. The van der Waals surface area contributed by atoms with Crippen molar-refractivity contribution in [2.45, 2.75) is 54.4 Å². The summed E-state index contributed by atoms with van der Waals surface area (Å²) >= 11 is 0. The van der Waals surface area contributed by atoms with Gasteiger partial charge in [-0.05, 0) is 36.2 Å². The van der Waals surface area contributed by atoms with Crippen LogP contribution in [0.4, 0.5) is 0 Å². The van der Waals surface area contributed by atoms with Crippen LogP contribution in [0.1, 0.15) is 52.2 Å². The highest BCUT2D eigenvalue weighted by Gasteiger charge is 2.25. The van der Waals surface area contributed by atoms with E-state index in [1.165, 1.54) is 24.0 Å². The van der Waals surface area contributed by atoms with Crippen LogP contribution in [0.15, 0.2) is 24.3 Å². The Morgan fingerprint density at radius 2 is 1.62 bits per heavy atom. The third-order valence-electron chi connectivity index (χ3n) is 2.77. The molecule has 0 radical (unpaired) electrons. The zero-order valence-electron chi connectivity index (χ0n) is 11.7. The molecule has 0 N–H and O–H groups in total. The molecule has 0 saturated carbocycles. The quantitative estimate of drug-likeness (QED) is 0.669. The third-order valence-corrected chi connectivity index (χ3v) is 2.77. The molecule has 0 nitrogen and oxygen atoms in total. The van der Waals surface area contributed by atoms with Crippen LogP contribution in [0.5, 0.6) is 0 Å². The number of benzene rings is 1. The minimum Gasteiger partial charge on any atom is -0.0617 e. The van der Waals surface area contributed by atoms with E-state index in [4.69, 9.17) is 0 Å². The van der Waals surface area contributed by atoms with Crippen molar-refractivity contribution in [3.8, 4) is 0 Å². The Balaban J connectivity index is 2.72. The van der Waals surface area contributed by atoms with Crippen molar-refractivity contribution in [1.82, 2.24) is 0 Å². The molecule has 0 atom stereocenters. The molecule has 1 aromatic carbocycles. The molecule has 0 heterocycles. The monoisotopic (exact) mass is 218 g/mol. The van der Waals surface area contributed by atoms with Crippen LogP contribution in [0.25, 0.3) is 0 Å². The third kappa shape index (κ3) is 4.83. The first-order chi connectivity index (χ1) is 7.18. The molecule has 0 amide bonds. The second-order valence-corrected chi connectivity index (χ2v) is 7.07. The van der Waals surface area contributed by atoms with Crippen LogP contribution >= 0.6 is 0 Å². The van der Waals surface area contributed by atoms with E-state index in [0.717, 1.165) is 0 Å². The maximum atomic E-state index is 2.38. The molecule has 0 aliphatic heterocycles. The fourth-order valence-corrected chi connectivity index (χ4v) is 2.87. The lowest BCUT2D eigenvalue weighted by Gasteiger charge is -2.32. The van der Waals surface area contributed by atoms with Crippen LogP contribution in [0.2, 0.25) is 0 Å². The molecule has 0 aromatic heterocycles. The summed E-state index contributed by atoms with van der Waals surface area (Å²) in [4.78, 5) is 0. The highest BCUT2D eigenvalue weighted by Crippen LogP contribution is 2.35. The summed E-state index contributed by atoms with van der Waals surface area (Å²) in [7, 11) is 0. The standard InChI is InChI=1S/C16H26/c1-13-8-7-9-14(10-13)11-16(5,6)12-15(2,3)4/h7-10H,11-12H2,1-6H3. The van der Waals surface area contributed by atoms with E-state index >= 15 is 0 Å². The predicted octanol–water partition coefficient (Wildman–Crippen LogP) is 5.00. The molecule has 16 heavy (non-hydrogen) atoms. The Kier molecular flexibility index (Phi) is 3.83. The summed E-state index contributed by atoms with van der Waals surface area (Å²) < 4.78 is 0. The molecule has 0 aliphatic carbocycles. The summed E-state index contributed by atoms with van der Waals surface area (Å²) in [5, 5.41) is 0. The van der Waals surface area contributed by atoms with Crippen LogP contribution in [-0.4, -0.2) is 0 Å². The van der Waals surface area contributed by atoms with E-state index in [2.05, 4.69) is 65.8 Å². The van der Waals surface area contributed by atoms with E-state index in [0.29, 0.717) is 10.8 Å². The summed E-state index contributed by atoms with van der Waals surface area (Å²) in [5.41, 5.74) is 3.62. The average molecular weight is 218 g/mol. The van der Waals surface area contributed by atoms with Crippen molar-refractivity contribution in [1.29, 1.82) is 0 Å². The molecule has 0 unspecified atom stereocenters. The van der Waals surface area contributed by atoms with E-state index in [1.807, 2.05) is 0 Å². The lowest BCUT2D eigenvalue weighted by atomic mass is 9.73. The first-order valence-electron chi connectivity index (χ1n) is 6.24. The second kappa shape index (κ2) is 4.61. The van der Waals surface area contributed by atoms with E-state index in [-0.39, 0.29) is 0 Å². The Hall–Kier alpha value is -0.780. The number of rotatable bonds is 3. The SMILES string of the molecule is Cc1cccc(CC(C)(C)CC(C)(C)C)c1. The number of hydrogen-bond donors (Lipinski definition) is 0. The van der Waals surface area contributed by atoms with Gasteiger partial charge in [-0.25, -0.2) is 0 Å². The second-order valence-electron chi connectivity index (χ2n) is 7.07. The highest BCUT2D eigenvalue weighted by atomic mass is 14.3. The first kappa shape index (κ1) is 13.3. The van der Waals surface area contributed by atoms with Crippen LogP contribution in [0, 0.1) is 17.8 Å². The fourth-order valence-electron chi connectivity index (χ4n) is 2.87. The zero-order chi connectivity index (χ0) is 12.4. The first-order valence-corrected chi connectivity index (χ1v) is 6.24. The average Bonchev–Trinajstić information content (AvgIpc) is 1.96. The van der Waals surface area contributed by atoms with E-state index in [9.17, 15) is 0 Å². The topological polar surface area (TPSA) is 0 Å². The number of hydrogen-bond acceptors (Lipinski definition) is 0. The maximum absolute atomic E-state index is 2.38. The minimum absolute atomic E-state index is 0.381. The highest BCUT2D eigenvalue weighted by molar-refractivity contribution is 5.23. The Morgan fingerprint density at radius 1 is 1.00 bits per heavy atom. The molecule has 0 bridgehead atoms. The summed E-state index contributed by atoms with van der Waals surface area (Å²) in [5.74, 6) is 0. The zero-order valence-corrected chi connectivity index (χ0v) is 11.7. The minimum atomic E-state index is 0.381. The smallest absolute Gasteiger partial charge is 0.0227 e. The molecule has 90 valence electrons. The van der Waals surface area contributed by atoms with Gasteiger partial charge < -0.3 is 0 Å². The van der Waals surface area contributed by atoms with Crippen molar-refractivity contribution in [3.63, 3.8) is 0 Å². The molecule has 0 heteroatoms. The van der Waals surface area contributed by atoms with Crippen molar-refractivity contribution in [2.24, 2.45) is 10.8 Å². The van der Waals surface area contributed by atoms with Gasteiger partial charge in [-0.2, -0.15) is 0 Å². The fraction of sp³-hybridized carbons (Fsp3) is 0.625. The lowest BCUT2D eigenvalue weighted by Crippen LogP contribution is -2.23. The van der Waals surface area contributed by atoms with Gasteiger partial charge in [0.1, 0.15) is 0 Å². The van der Waals surface area contributed by atoms with E-state index in [1.54, 1.807) is 0 Å². The predicted molar refractivity (Wildman–Crippen MR) is 72.7 cm³/mol. The Labute approximate surface area is 101 Å². The van der Waals surface area contributed by atoms with Crippen molar-refractivity contribution in [3.05, 3.63) is 35.4 Å². The normalized spacial score (nSPS) is 12.9. The van der Waals surface area contributed by atoms with Crippen molar-refractivity contribution >= 4 is 0 Å². The van der Waals surface area contributed by atoms with Crippen LogP contribution < -0.4 is 0 Å². The van der Waals surface area contributed by atoms with Crippen LogP contribution in [0.3, 0.4) is 0 Å². The van der Waals surface area contributed by atoms with Gasteiger partial charge in [0.05, 0.1) is 0 Å². The van der Waals surface area contributed by atoms with Gasteiger partial charge in [-0.3, -0.25) is 0 Å². The Morgan fingerprint density at radius 3 is 2.12 bits per heavy atom. The van der Waals surface area contributed by atoms with Crippen LogP contribution in [-0.2, 0) is 6.42 Å². The van der Waals surface area contributed by atoms with Gasteiger partial charge in [0, 0.05) is 0 Å². The molecule has 1 aromatic rings. The largest absolute Gasteiger partial charge is 0.0617 e. The lowest BCUT2D eigenvalue weighted by molar-refractivity contribution is 0.211. The van der Waals surface area contributed by atoms with E-state index < -0.39 is 0 Å². The van der Waals surface area contributed by atoms with Gasteiger partial charge in [0.25, 0.3) is 0 Å². The van der Waals surface area contributed by atoms with Gasteiger partial charge in [-0.15, -0.1) is 0 Å². The molecule has 0 saturated heterocycles. The molecule has 0 fully saturated rings. The molecule has 0 spiro atoms. The van der Waals surface area contributed by atoms with Crippen molar-refractivity contribution in [2.75, 3.05) is 0 Å².